The molecular weight excluding hydrogens is 364 g/mol. The molecule has 1 amide bonds. The Labute approximate surface area is 151 Å². The summed E-state index contributed by atoms with van der Waals surface area (Å²) < 4.78 is 26.9. The number of alkyl halides is 1. The van der Waals surface area contributed by atoms with Crippen molar-refractivity contribution in [2.75, 3.05) is 15.9 Å². The predicted molar refractivity (Wildman–Crippen MR) is 98.5 cm³/mol. The minimum atomic E-state index is -3.81. The summed E-state index contributed by atoms with van der Waals surface area (Å²) in [5, 5.41) is 12.7. The average molecular weight is 383 g/mol. The van der Waals surface area contributed by atoms with Crippen LogP contribution in [0.25, 0.3) is 0 Å². The van der Waals surface area contributed by atoms with E-state index in [0.717, 1.165) is 0 Å². The van der Waals surface area contributed by atoms with Crippen molar-refractivity contribution in [1.29, 1.82) is 0 Å². The topological polar surface area (TPSA) is 95.5 Å². The van der Waals surface area contributed by atoms with Crippen molar-refractivity contribution in [3.63, 3.8) is 0 Å². The minimum absolute atomic E-state index is 0.0125. The lowest BCUT2D eigenvalue weighted by atomic mass is 9.95. The summed E-state index contributed by atoms with van der Waals surface area (Å²) in [7, 11) is -3.81. The molecule has 2 aromatic rings. The summed E-state index contributed by atoms with van der Waals surface area (Å²) >= 11 is 5.75. The molecule has 25 heavy (non-hydrogen) atoms. The van der Waals surface area contributed by atoms with Crippen LogP contribution in [0.5, 0.6) is 5.75 Å². The number of hydrogen-bond donors (Lipinski definition) is 3. The number of anilines is 2. The molecule has 134 valence electrons. The van der Waals surface area contributed by atoms with Gasteiger partial charge >= 0.3 is 0 Å². The van der Waals surface area contributed by atoms with Crippen LogP contribution in [0.2, 0.25) is 0 Å². The zero-order valence-corrected chi connectivity index (χ0v) is 15.4. The van der Waals surface area contributed by atoms with E-state index in [9.17, 15) is 18.3 Å². The van der Waals surface area contributed by atoms with E-state index >= 15 is 0 Å². The van der Waals surface area contributed by atoms with Crippen LogP contribution in [-0.4, -0.2) is 25.3 Å². The average Bonchev–Trinajstić information content (AvgIpc) is 2.58. The second-order valence-corrected chi connectivity index (χ2v) is 8.07. The number of benzene rings is 2. The molecule has 6 nitrogen and oxygen atoms in total. The fourth-order valence-corrected chi connectivity index (χ4v) is 3.08. The zero-order chi connectivity index (χ0) is 18.7. The fraction of sp³-hybridized carbons (Fsp3) is 0.235. The highest BCUT2D eigenvalue weighted by atomic mass is 35.5. The number of hydrogen-bond acceptors (Lipinski definition) is 4. The third kappa shape index (κ3) is 4.64. The minimum Gasteiger partial charge on any atom is -0.506 e. The van der Waals surface area contributed by atoms with Crippen LogP contribution in [0.4, 0.5) is 11.4 Å². The van der Waals surface area contributed by atoms with E-state index in [4.69, 9.17) is 11.6 Å². The van der Waals surface area contributed by atoms with Gasteiger partial charge in [0, 0.05) is 17.6 Å². The standard InChI is InChI=1S/C17H19ClN2O4S/c1-17(2,11-18)16(22)19-12-8-9-14(15(21)10-12)20-25(23,24)13-6-4-3-5-7-13/h3-10,20-21H,11H2,1-2H3,(H,19,22). The van der Waals surface area contributed by atoms with Crippen molar-refractivity contribution >= 4 is 38.9 Å². The molecule has 3 N–H and O–H groups in total. The first-order valence-corrected chi connectivity index (χ1v) is 9.46. The Kier molecular flexibility index (Phi) is 5.59. The molecule has 0 heterocycles. The largest absolute Gasteiger partial charge is 0.506 e. The Morgan fingerprint density at radius 1 is 1.16 bits per heavy atom. The molecule has 0 unspecified atom stereocenters. The Bertz CT molecular complexity index is 867. The molecule has 0 atom stereocenters. The summed E-state index contributed by atoms with van der Waals surface area (Å²) in [6, 6.07) is 11.9. The van der Waals surface area contributed by atoms with Gasteiger partial charge in [0.15, 0.2) is 0 Å². The lowest BCUT2D eigenvalue weighted by Gasteiger charge is -2.20. The summed E-state index contributed by atoms with van der Waals surface area (Å²) in [6.07, 6.45) is 0. The van der Waals surface area contributed by atoms with Crippen LogP contribution in [-0.2, 0) is 14.8 Å². The summed E-state index contributed by atoms with van der Waals surface area (Å²) in [5.74, 6) is -0.472. The Hall–Kier alpha value is -2.25. The van der Waals surface area contributed by atoms with E-state index in [1.807, 2.05) is 0 Å². The number of aromatic hydroxyl groups is 1. The van der Waals surface area contributed by atoms with E-state index < -0.39 is 15.4 Å². The highest BCUT2D eigenvalue weighted by molar-refractivity contribution is 7.92. The molecule has 0 bridgehead atoms. The Balaban J connectivity index is 2.19. The second-order valence-electron chi connectivity index (χ2n) is 6.12. The summed E-state index contributed by atoms with van der Waals surface area (Å²) in [5.41, 5.74) is -0.424. The highest BCUT2D eigenvalue weighted by Crippen LogP contribution is 2.30. The molecule has 0 aromatic heterocycles. The van der Waals surface area contributed by atoms with Gasteiger partial charge in [-0.15, -0.1) is 11.6 Å². The van der Waals surface area contributed by atoms with E-state index in [1.165, 1.54) is 30.3 Å². The van der Waals surface area contributed by atoms with Crippen molar-refractivity contribution in [2.45, 2.75) is 18.7 Å². The molecule has 0 aliphatic heterocycles. The van der Waals surface area contributed by atoms with E-state index in [2.05, 4.69) is 10.0 Å². The maximum atomic E-state index is 12.3. The lowest BCUT2D eigenvalue weighted by Crippen LogP contribution is -2.32. The van der Waals surface area contributed by atoms with Crippen LogP contribution in [0.1, 0.15) is 13.8 Å². The van der Waals surface area contributed by atoms with Gasteiger partial charge in [-0.3, -0.25) is 9.52 Å². The molecule has 0 aliphatic rings. The normalized spacial score (nSPS) is 11.8. The van der Waals surface area contributed by atoms with Crippen LogP contribution in [0.3, 0.4) is 0 Å². The van der Waals surface area contributed by atoms with E-state index in [1.54, 1.807) is 32.0 Å². The van der Waals surface area contributed by atoms with Crippen LogP contribution in [0.15, 0.2) is 53.4 Å². The van der Waals surface area contributed by atoms with Crippen LogP contribution < -0.4 is 10.0 Å². The van der Waals surface area contributed by atoms with Crippen molar-refractivity contribution in [3.05, 3.63) is 48.5 Å². The van der Waals surface area contributed by atoms with Crippen molar-refractivity contribution in [3.8, 4) is 5.75 Å². The molecule has 0 saturated heterocycles. The van der Waals surface area contributed by atoms with Gasteiger partial charge in [0.25, 0.3) is 10.0 Å². The molecule has 0 fully saturated rings. The quantitative estimate of drug-likeness (QED) is 0.527. The van der Waals surface area contributed by atoms with Gasteiger partial charge in [-0.2, -0.15) is 0 Å². The lowest BCUT2D eigenvalue weighted by molar-refractivity contribution is -0.122. The number of nitrogens with one attached hydrogen (secondary N) is 2. The molecule has 0 aliphatic carbocycles. The third-order valence-corrected chi connectivity index (χ3v) is 5.55. The molecule has 8 heteroatoms. The molecule has 0 spiro atoms. The zero-order valence-electron chi connectivity index (χ0n) is 13.8. The van der Waals surface area contributed by atoms with Gasteiger partial charge in [0.1, 0.15) is 5.75 Å². The first-order chi connectivity index (χ1) is 11.7. The Morgan fingerprint density at radius 2 is 1.80 bits per heavy atom. The van der Waals surface area contributed by atoms with Crippen LogP contribution in [0, 0.1) is 5.41 Å². The SMILES string of the molecule is CC(C)(CCl)C(=O)Nc1ccc(NS(=O)(=O)c2ccccc2)c(O)c1. The molecule has 2 aromatic carbocycles. The number of halogens is 1. The predicted octanol–water partition coefficient (Wildman–Crippen LogP) is 3.40. The first kappa shape index (κ1) is 19.1. The molecular formula is C17H19ClN2O4S. The monoisotopic (exact) mass is 382 g/mol. The number of phenols is 1. The molecule has 0 saturated carbocycles. The second kappa shape index (κ2) is 7.33. The maximum absolute atomic E-state index is 12.3. The van der Waals surface area contributed by atoms with Gasteiger partial charge in [-0.25, -0.2) is 8.42 Å². The number of amides is 1. The maximum Gasteiger partial charge on any atom is 0.262 e. The van der Waals surface area contributed by atoms with Gasteiger partial charge < -0.3 is 10.4 Å². The van der Waals surface area contributed by atoms with Gasteiger partial charge in [0.05, 0.1) is 16.0 Å². The highest BCUT2D eigenvalue weighted by Gasteiger charge is 2.26. The first-order valence-electron chi connectivity index (χ1n) is 7.44. The van der Waals surface area contributed by atoms with Gasteiger partial charge in [0.2, 0.25) is 5.91 Å². The van der Waals surface area contributed by atoms with Crippen molar-refractivity contribution in [1.82, 2.24) is 0 Å². The number of rotatable bonds is 6. The van der Waals surface area contributed by atoms with Crippen molar-refractivity contribution < 1.29 is 18.3 Å². The summed E-state index contributed by atoms with van der Waals surface area (Å²) in [6.45, 7) is 3.38. The fourth-order valence-electron chi connectivity index (χ4n) is 1.86. The summed E-state index contributed by atoms with van der Waals surface area (Å²) in [4.78, 5) is 12.2. The third-order valence-electron chi connectivity index (χ3n) is 3.50. The van der Waals surface area contributed by atoms with E-state index in [0.29, 0.717) is 5.69 Å². The van der Waals surface area contributed by atoms with Crippen LogP contribution >= 0.6 is 11.6 Å². The molecule has 0 radical (unpaired) electrons. The smallest absolute Gasteiger partial charge is 0.262 e. The van der Waals surface area contributed by atoms with Crippen molar-refractivity contribution in [2.24, 2.45) is 5.41 Å². The number of carbonyl (C=O) groups is 1. The van der Waals surface area contributed by atoms with Gasteiger partial charge in [-0.05, 0) is 38.1 Å². The Morgan fingerprint density at radius 3 is 2.36 bits per heavy atom. The number of carbonyl (C=O) groups excluding carboxylic acids is 1. The number of phenolic OH excluding ortho intramolecular Hbond substituents is 1. The van der Waals surface area contributed by atoms with Gasteiger partial charge in [-0.1, -0.05) is 18.2 Å². The molecule has 2 rings (SSSR count). The van der Waals surface area contributed by atoms with E-state index in [-0.39, 0.29) is 28.1 Å². The number of sulfonamides is 1.